The van der Waals surface area contributed by atoms with Crippen molar-refractivity contribution in [3.63, 3.8) is 0 Å². The second-order valence-electron chi connectivity index (χ2n) is 6.83. The minimum Gasteiger partial charge on any atom is -0.325 e. The van der Waals surface area contributed by atoms with Crippen LogP contribution in [0, 0.1) is 17.2 Å². The smallest absolute Gasteiger partial charge is 0.228 e. The number of hydrogen-bond donors (Lipinski definition) is 1. The summed E-state index contributed by atoms with van der Waals surface area (Å²) in [4.78, 5) is 12.7. The number of anilines is 1. The van der Waals surface area contributed by atoms with Crippen molar-refractivity contribution in [2.45, 2.75) is 33.1 Å². The number of aryl methyl sites for hydroxylation is 1. The van der Waals surface area contributed by atoms with E-state index >= 15 is 0 Å². The zero-order valence-corrected chi connectivity index (χ0v) is 13.8. The fourth-order valence-electron chi connectivity index (χ4n) is 3.59. The molecule has 120 valence electrons. The Kier molecular flexibility index (Phi) is 3.97. The first-order valence-electron chi connectivity index (χ1n) is 8.09. The lowest BCUT2D eigenvalue weighted by Crippen LogP contribution is -2.18. The van der Waals surface area contributed by atoms with Crippen LogP contribution in [0.15, 0.2) is 48.5 Å². The third kappa shape index (κ3) is 2.88. The second kappa shape index (κ2) is 5.80. The standard InChI is InChI=1S/C20H22FNO/c1-4-13-10-11-15(21)12-16(13)22-19(23)18-17(20(18,2)3)14-8-6-5-7-9-14/h5-12,17-18H,4H2,1-3H3,(H,22,23)/t17-,18+/m0/s1. The highest BCUT2D eigenvalue weighted by atomic mass is 19.1. The van der Waals surface area contributed by atoms with Crippen LogP contribution in [-0.2, 0) is 11.2 Å². The maximum Gasteiger partial charge on any atom is 0.228 e. The van der Waals surface area contributed by atoms with Crippen molar-refractivity contribution in [3.05, 3.63) is 65.5 Å². The van der Waals surface area contributed by atoms with Gasteiger partial charge in [-0.15, -0.1) is 0 Å². The number of rotatable bonds is 4. The Balaban J connectivity index is 1.81. The molecule has 2 aromatic carbocycles. The molecule has 0 heterocycles. The molecule has 0 spiro atoms. The molecule has 1 aliphatic rings. The van der Waals surface area contributed by atoms with Crippen LogP contribution in [0.3, 0.4) is 0 Å². The van der Waals surface area contributed by atoms with Crippen molar-refractivity contribution in [2.24, 2.45) is 11.3 Å². The molecule has 0 unspecified atom stereocenters. The molecule has 0 bridgehead atoms. The van der Waals surface area contributed by atoms with Crippen LogP contribution in [0.25, 0.3) is 0 Å². The summed E-state index contributed by atoms with van der Waals surface area (Å²) >= 11 is 0. The Labute approximate surface area is 136 Å². The van der Waals surface area contributed by atoms with E-state index in [0.717, 1.165) is 12.0 Å². The van der Waals surface area contributed by atoms with Crippen LogP contribution in [-0.4, -0.2) is 5.91 Å². The molecular formula is C20H22FNO. The largest absolute Gasteiger partial charge is 0.325 e. The Hall–Kier alpha value is -2.16. The number of benzene rings is 2. The molecule has 2 atom stereocenters. The highest BCUT2D eigenvalue weighted by Crippen LogP contribution is 2.64. The number of amides is 1. The van der Waals surface area contributed by atoms with Crippen LogP contribution >= 0.6 is 0 Å². The van der Waals surface area contributed by atoms with E-state index in [1.807, 2.05) is 25.1 Å². The molecule has 2 nitrogen and oxygen atoms in total. The molecule has 3 rings (SSSR count). The maximum absolute atomic E-state index is 13.5. The molecule has 23 heavy (non-hydrogen) atoms. The Morgan fingerprint density at radius 2 is 1.87 bits per heavy atom. The SMILES string of the molecule is CCc1ccc(F)cc1NC(=O)[C@H]1[C@H](c2ccccc2)C1(C)C. The van der Waals surface area contributed by atoms with Gasteiger partial charge in [0.25, 0.3) is 0 Å². The van der Waals surface area contributed by atoms with Gasteiger partial charge in [-0.05, 0) is 35.1 Å². The molecule has 1 fully saturated rings. The third-order valence-corrected chi connectivity index (χ3v) is 4.98. The summed E-state index contributed by atoms with van der Waals surface area (Å²) in [6, 6.07) is 14.7. The number of nitrogens with one attached hydrogen (secondary N) is 1. The minimum atomic E-state index is -0.327. The van der Waals surface area contributed by atoms with E-state index in [2.05, 4.69) is 31.3 Å². The van der Waals surface area contributed by atoms with Crippen molar-refractivity contribution < 1.29 is 9.18 Å². The number of carbonyl (C=O) groups excluding carboxylic acids is 1. The lowest BCUT2D eigenvalue weighted by atomic mass is 10.0. The first kappa shape index (κ1) is 15.7. The van der Waals surface area contributed by atoms with E-state index in [9.17, 15) is 9.18 Å². The van der Waals surface area contributed by atoms with Gasteiger partial charge in [0.1, 0.15) is 5.82 Å². The minimum absolute atomic E-state index is 0.0239. The van der Waals surface area contributed by atoms with Crippen molar-refractivity contribution in [2.75, 3.05) is 5.32 Å². The highest BCUT2D eigenvalue weighted by Gasteiger charge is 2.62. The van der Waals surface area contributed by atoms with Gasteiger partial charge >= 0.3 is 0 Å². The van der Waals surface area contributed by atoms with Gasteiger partial charge in [-0.1, -0.05) is 57.2 Å². The third-order valence-electron chi connectivity index (χ3n) is 4.98. The lowest BCUT2D eigenvalue weighted by Gasteiger charge is -2.10. The summed E-state index contributed by atoms with van der Waals surface area (Å²) in [7, 11) is 0. The van der Waals surface area contributed by atoms with E-state index in [1.54, 1.807) is 6.07 Å². The van der Waals surface area contributed by atoms with Crippen LogP contribution in [0.4, 0.5) is 10.1 Å². The normalized spacial score (nSPS) is 21.7. The lowest BCUT2D eigenvalue weighted by molar-refractivity contribution is -0.118. The predicted octanol–water partition coefficient (Wildman–Crippen LogP) is 4.77. The fourth-order valence-corrected chi connectivity index (χ4v) is 3.59. The molecule has 0 saturated heterocycles. The van der Waals surface area contributed by atoms with E-state index in [0.29, 0.717) is 5.69 Å². The quantitative estimate of drug-likeness (QED) is 0.866. The van der Waals surface area contributed by atoms with Crippen molar-refractivity contribution in [1.29, 1.82) is 0 Å². The van der Waals surface area contributed by atoms with Crippen molar-refractivity contribution >= 4 is 11.6 Å². The molecule has 1 N–H and O–H groups in total. The van der Waals surface area contributed by atoms with Gasteiger partial charge in [-0.3, -0.25) is 4.79 Å². The summed E-state index contributed by atoms with van der Waals surface area (Å²) in [5.41, 5.74) is 2.65. The summed E-state index contributed by atoms with van der Waals surface area (Å²) in [6.45, 7) is 6.22. The van der Waals surface area contributed by atoms with E-state index in [4.69, 9.17) is 0 Å². The van der Waals surface area contributed by atoms with E-state index in [-0.39, 0.29) is 29.0 Å². The summed E-state index contributed by atoms with van der Waals surface area (Å²) in [5.74, 6) is -0.225. The maximum atomic E-state index is 13.5. The molecule has 0 radical (unpaired) electrons. The summed E-state index contributed by atoms with van der Waals surface area (Å²) in [6.07, 6.45) is 0.756. The molecule has 1 aliphatic carbocycles. The average Bonchev–Trinajstić information content (AvgIpc) is 3.11. The van der Waals surface area contributed by atoms with Crippen molar-refractivity contribution in [3.8, 4) is 0 Å². The van der Waals surface area contributed by atoms with Crippen molar-refractivity contribution in [1.82, 2.24) is 0 Å². The molecule has 3 heteroatoms. The van der Waals surface area contributed by atoms with Crippen LogP contribution in [0.5, 0.6) is 0 Å². The first-order valence-corrected chi connectivity index (χ1v) is 8.09. The van der Waals surface area contributed by atoms with Gasteiger partial charge in [0.05, 0.1) is 5.92 Å². The average molecular weight is 311 g/mol. The van der Waals surface area contributed by atoms with E-state index < -0.39 is 0 Å². The van der Waals surface area contributed by atoms with Crippen LogP contribution in [0.1, 0.15) is 37.8 Å². The summed E-state index contributed by atoms with van der Waals surface area (Å²) in [5, 5.41) is 2.94. The highest BCUT2D eigenvalue weighted by molar-refractivity contribution is 5.97. The van der Waals surface area contributed by atoms with Crippen LogP contribution in [0.2, 0.25) is 0 Å². The van der Waals surface area contributed by atoms with Gasteiger partial charge in [0, 0.05) is 11.6 Å². The molecular weight excluding hydrogens is 289 g/mol. The molecule has 1 saturated carbocycles. The molecule has 0 aliphatic heterocycles. The Bertz CT molecular complexity index is 724. The Morgan fingerprint density at radius 3 is 2.52 bits per heavy atom. The topological polar surface area (TPSA) is 29.1 Å². The predicted molar refractivity (Wildman–Crippen MR) is 90.9 cm³/mol. The second-order valence-corrected chi connectivity index (χ2v) is 6.83. The van der Waals surface area contributed by atoms with Gasteiger partial charge in [0.2, 0.25) is 5.91 Å². The molecule has 0 aromatic heterocycles. The van der Waals surface area contributed by atoms with Gasteiger partial charge in [-0.25, -0.2) is 4.39 Å². The summed E-state index contributed by atoms with van der Waals surface area (Å²) < 4.78 is 13.5. The fraction of sp³-hybridized carbons (Fsp3) is 0.350. The molecule has 2 aromatic rings. The van der Waals surface area contributed by atoms with Gasteiger partial charge in [0.15, 0.2) is 0 Å². The van der Waals surface area contributed by atoms with E-state index in [1.165, 1.54) is 17.7 Å². The zero-order chi connectivity index (χ0) is 16.6. The first-order chi connectivity index (χ1) is 10.9. The number of carbonyl (C=O) groups is 1. The van der Waals surface area contributed by atoms with Crippen LogP contribution < -0.4 is 5.32 Å². The monoisotopic (exact) mass is 311 g/mol. The molecule has 1 amide bonds. The van der Waals surface area contributed by atoms with Gasteiger partial charge < -0.3 is 5.32 Å². The number of halogens is 1. The number of hydrogen-bond acceptors (Lipinski definition) is 1. The van der Waals surface area contributed by atoms with Gasteiger partial charge in [-0.2, -0.15) is 0 Å². The Morgan fingerprint density at radius 1 is 1.17 bits per heavy atom. The zero-order valence-electron chi connectivity index (χ0n) is 13.8.